The van der Waals surface area contributed by atoms with Gasteiger partial charge in [-0.05, 0) is 53.9 Å². The Labute approximate surface area is 133 Å². The van der Waals surface area contributed by atoms with E-state index in [2.05, 4.69) is 21.4 Å². The summed E-state index contributed by atoms with van der Waals surface area (Å²) in [6.45, 7) is 2.04. The van der Waals surface area contributed by atoms with E-state index in [1.54, 1.807) is 14.2 Å². The highest BCUT2D eigenvalue weighted by molar-refractivity contribution is 9.10. The fourth-order valence-corrected chi connectivity index (χ4v) is 2.79. The van der Waals surface area contributed by atoms with Crippen molar-refractivity contribution in [1.82, 2.24) is 5.43 Å². The molecule has 0 saturated carbocycles. The zero-order valence-electron chi connectivity index (χ0n) is 12.3. The number of nitrogens with two attached hydrogens (primary N) is 1. The summed E-state index contributed by atoms with van der Waals surface area (Å²) in [5.41, 5.74) is 6.09. The minimum Gasteiger partial charge on any atom is -0.497 e. The number of aryl methyl sites for hydroxylation is 1. The van der Waals surface area contributed by atoms with Crippen molar-refractivity contribution in [3.8, 4) is 11.5 Å². The van der Waals surface area contributed by atoms with E-state index < -0.39 is 0 Å². The van der Waals surface area contributed by atoms with Gasteiger partial charge in [-0.2, -0.15) is 0 Å². The molecule has 2 rings (SSSR count). The lowest BCUT2D eigenvalue weighted by Crippen LogP contribution is -2.29. The molecule has 112 valence electrons. The smallest absolute Gasteiger partial charge is 0.119 e. The second kappa shape index (κ2) is 6.93. The van der Waals surface area contributed by atoms with Crippen LogP contribution in [-0.4, -0.2) is 14.2 Å². The number of benzene rings is 2. The van der Waals surface area contributed by atoms with Crippen LogP contribution < -0.4 is 20.7 Å². The first-order valence-electron chi connectivity index (χ1n) is 6.54. The minimum absolute atomic E-state index is 0.139. The monoisotopic (exact) mass is 350 g/mol. The molecule has 0 bridgehead atoms. The second-order valence-corrected chi connectivity index (χ2v) is 5.56. The Morgan fingerprint density at radius 3 is 2.19 bits per heavy atom. The van der Waals surface area contributed by atoms with Gasteiger partial charge in [-0.25, -0.2) is 5.43 Å². The van der Waals surface area contributed by atoms with E-state index in [1.165, 1.54) is 0 Å². The maximum Gasteiger partial charge on any atom is 0.119 e. The summed E-state index contributed by atoms with van der Waals surface area (Å²) < 4.78 is 11.5. The Morgan fingerprint density at radius 2 is 1.62 bits per heavy atom. The molecule has 4 nitrogen and oxygen atoms in total. The molecule has 2 aromatic carbocycles. The number of methoxy groups -OCH3 is 2. The summed E-state index contributed by atoms with van der Waals surface area (Å²) in [6, 6.07) is 11.6. The Hall–Kier alpha value is -1.56. The van der Waals surface area contributed by atoms with Crippen LogP contribution in [0.25, 0.3) is 0 Å². The maximum atomic E-state index is 5.79. The number of nitrogens with one attached hydrogen (secondary N) is 1. The number of hydrogen-bond donors (Lipinski definition) is 2. The molecule has 0 amide bonds. The molecule has 21 heavy (non-hydrogen) atoms. The van der Waals surface area contributed by atoms with Crippen LogP contribution in [0.5, 0.6) is 11.5 Å². The fourth-order valence-electron chi connectivity index (χ4n) is 2.32. The second-order valence-electron chi connectivity index (χ2n) is 4.71. The number of hydrazine groups is 1. The topological polar surface area (TPSA) is 56.5 Å². The summed E-state index contributed by atoms with van der Waals surface area (Å²) in [5, 5.41) is 0. The molecule has 0 spiro atoms. The Balaban J connectivity index is 2.49. The van der Waals surface area contributed by atoms with Crippen LogP contribution in [0.3, 0.4) is 0 Å². The highest BCUT2D eigenvalue weighted by atomic mass is 79.9. The van der Waals surface area contributed by atoms with E-state index in [4.69, 9.17) is 15.3 Å². The molecular formula is C16H19BrN2O2. The minimum atomic E-state index is -0.139. The van der Waals surface area contributed by atoms with Crippen molar-refractivity contribution in [2.45, 2.75) is 13.0 Å². The van der Waals surface area contributed by atoms with Gasteiger partial charge in [0.15, 0.2) is 0 Å². The molecule has 0 aliphatic rings. The van der Waals surface area contributed by atoms with E-state index in [0.717, 1.165) is 32.7 Å². The number of halogens is 1. The highest BCUT2D eigenvalue weighted by Gasteiger charge is 2.18. The lowest BCUT2D eigenvalue weighted by molar-refractivity contribution is 0.413. The zero-order chi connectivity index (χ0) is 15.4. The number of rotatable bonds is 5. The van der Waals surface area contributed by atoms with E-state index in [1.807, 2.05) is 43.3 Å². The van der Waals surface area contributed by atoms with Crippen molar-refractivity contribution in [2.24, 2.45) is 5.84 Å². The molecule has 1 atom stereocenters. The predicted octanol–water partition coefficient (Wildman–Crippen LogP) is 3.33. The van der Waals surface area contributed by atoms with Gasteiger partial charge in [-0.15, -0.1) is 0 Å². The molecule has 0 saturated heterocycles. The molecule has 0 aliphatic carbocycles. The van der Waals surface area contributed by atoms with E-state index in [-0.39, 0.29) is 6.04 Å². The van der Waals surface area contributed by atoms with Crippen molar-refractivity contribution in [2.75, 3.05) is 14.2 Å². The third-order valence-electron chi connectivity index (χ3n) is 3.47. The van der Waals surface area contributed by atoms with Crippen LogP contribution in [0.15, 0.2) is 40.9 Å². The van der Waals surface area contributed by atoms with Crippen molar-refractivity contribution < 1.29 is 9.47 Å². The Kier molecular flexibility index (Phi) is 5.22. The molecule has 0 aliphatic heterocycles. The third kappa shape index (κ3) is 3.37. The summed E-state index contributed by atoms with van der Waals surface area (Å²) in [6.07, 6.45) is 0. The fraction of sp³-hybridized carbons (Fsp3) is 0.250. The molecular weight excluding hydrogens is 332 g/mol. The van der Waals surface area contributed by atoms with Crippen LogP contribution in [-0.2, 0) is 0 Å². The van der Waals surface area contributed by atoms with Crippen LogP contribution in [0.4, 0.5) is 0 Å². The van der Waals surface area contributed by atoms with Gasteiger partial charge >= 0.3 is 0 Å². The SMILES string of the molecule is COc1ccc(C(NN)c2cc(OC)ccc2Br)c(C)c1. The van der Waals surface area contributed by atoms with E-state index in [9.17, 15) is 0 Å². The van der Waals surface area contributed by atoms with Crippen molar-refractivity contribution in [1.29, 1.82) is 0 Å². The molecule has 5 heteroatoms. The van der Waals surface area contributed by atoms with Crippen LogP contribution in [0.1, 0.15) is 22.7 Å². The van der Waals surface area contributed by atoms with Gasteiger partial charge in [0, 0.05) is 4.47 Å². The standard InChI is InChI=1S/C16H19BrN2O2/c1-10-8-11(20-2)4-6-13(10)16(19-18)14-9-12(21-3)5-7-15(14)17/h4-9,16,19H,18H2,1-3H3. The maximum absolute atomic E-state index is 5.79. The first-order chi connectivity index (χ1) is 10.1. The normalized spacial score (nSPS) is 12.0. The Morgan fingerprint density at radius 1 is 1.00 bits per heavy atom. The first kappa shape index (κ1) is 15.8. The van der Waals surface area contributed by atoms with Gasteiger partial charge in [0.1, 0.15) is 11.5 Å². The average Bonchev–Trinajstić information content (AvgIpc) is 2.51. The molecule has 3 N–H and O–H groups in total. The third-order valence-corrected chi connectivity index (χ3v) is 4.19. The summed E-state index contributed by atoms with van der Waals surface area (Å²) in [7, 11) is 3.31. The van der Waals surface area contributed by atoms with E-state index >= 15 is 0 Å². The molecule has 0 radical (unpaired) electrons. The quantitative estimate of drug-likeness (QED) is 0.641. The summed E-state index contributed by atoms with van der Waals surface area (Å²) in [4.78, 5) is 0. The van der Waals surface area contributed by atoms with Gasteiger partial charge in [0.2, 0.25) is 0 Å². The van der Waals surface area contributed by atoms with Gasteiger partial charge < -0.3 is 9.47 Å². The molecule has 0 heterocycles. The van der Waals surface area contributed by atoms with E-state index in [0.29, 0.717) is 0 Å². The first-order valence-corrected chi connectivity index (χ1v) is 7.34. The number of ether oxygens (including phenoxy) is 2. The molecule has 0 aromatic heterocycles. The highest BCUT2D eigenvalue weighted by Crippen LogP contribution is 2.33. The van der Waals surface area contributed by atoms with Crippen LogP contribution in [0, 0.1) is 6.92 Å². The summed E-state index contributed by atoms with van der Waals surface area (Å²) in [5.74, 6) is 7.42. The molecule has 0 fully saturated rings. The van der Waals surface area contributed by atoms with Crippen LogP contribution in [0.2, 0.25) is 0 Å². The lowest BCUT2D eigenvalue weighted by atomic mass is 9.95. The molecule has 2 aromatic rings. The lowest BCUT2D eigenvalue weighted by Gasteiger charge is -2.21. The van der Waals surface area contributed by atoms with Gasteiger partial charge in [0.25, 0.3) is 0 Å². The van der Waals surface area contributed by atoms with Crippen molar-refractivity contribution >= 4 is 15.9 Å². The van der Waals surface area contributed by atoms with Gasteiger partial charge in [-0.1, -0.05) is 22.0 Å². The van der Waals surface area contributed by atoms with Crippen molar-refractivity contribution in [3.63, 3.8) is 0 Å². The zero-order valence-corrected chi connectivity index (χ0v) is 13.9. The number of hydrogen-bond acceptors (Lipinski definition) is 4. The predicted molar refractivity (Wildman–Crippen MR) is 87.6 cm³/mol. The Bertz CT molecular complexity index is 632. The summed E-state index contributed by atoms with van der Waals surface area (Å²) >= 11 is 3.58. The largest absolute Gasteiger partial charge is 0.497 e. The van der Waals surface area contributed by atoms with Gasteiger partial charge in [0.05, 0.1) is 20.3 Å². The van der Waals surface area contributed by atoms with Gasteiger partial charge in [-0.3, -0.25) is 5.84 Å². The average molecular weight is 351 g/mol. The van der Waals surface area contributed by atoms with Crippen LogP contribution >= 0.6 is 15.9 Å². The van der Waals surface area contributed by atoms with Crippen molar-refractivity contribution in [3.05, 3.63) is 57.6 Å². The molecule has 1 unspecified atom stereocenters.